The van der Waals surface area contributed by atoms with Crippen LogP contribution in [0.5, 0.6) is 0 Å². The fourth-order valence-electron chi connectivity index (χ4n) is 2.07. The van der Waals surface area contributed by atoms with Crippen LogP contribution in [0.1, 0.15) is 24.5 Å². The van der Waals surface area contributed by atoms with Gasteiger partial charge in [-0.3, -0.25) is 4.79 Å². The van der Waals surface area contributed by atoms with Crippen molar-refractivity contribution in [2.75, 3.05) is 6.61 Å². The van der Waals surface area contributed by atoms with Crippen molar-refractivity contribution in [3.05, 3.63) is 29.6 Å². The smallest absolute Gasteiger partial charge is 0.306 e. The molecule has 2 aromatic rings. The van der Waals surface area contributed by atoms with Crippen molar-refractivity contribution in [2.24, 2.45) is 10.9 Å². The molecule has 7 heteroatoms. The second-order valence-corrected chi connectivity index (χ2v) is 4.18. The molecule has 2 heterocycles. The van der Waals surface area contributed by atoms with E-state index in [-0.39, 0.29) is 18.2 Å². The van der Waals surface area contributed by atoms with Gasteiger partial charge in [0.05, 0.1) is 6.61 Å². The molecule has 0 aliphatic heterocycles. The fraction of sp³-hybridized carbons (Fsp3) is 0.308. The van der Waals surface area contributed by atoms with Gasteiger partial charge in [0, 0.05) is 29.8 Å². The molecule has 0 atom stereocenters. The maximum atomic E-state index is 11.5. The Labute approximate surface area is 115 Å². The molecule has 2 aromatic heterocycles. The van der Waals surface area contributed by atoms with Crippen molar-refractivity contribution in [1.29, 1.82) is 0 Å². The zero-order valence-corrected chi connectivity index (χ0v) is 11.1. The van der Waals surface area contributed by atoms with E-state index in [1.54, 1.807) is 13.1 Å². The number of rotatable bonds is 5. The summed E-state index contributed by atoms with van der Waals surface area (Å²) in [5.41, 5.74) is 7.67. The molecule has 4 N–H and O–H groups in total. The molecule has 0 spiro atoms. The molecule has 0 saturated carbocycles. The Morgan fingerprint density at radius 2 is 2.40 bits per heavy atom. The van der Waals surface area contributed by atoms with Crippen LogP contribution in [-0.2, 0) is 16.0 Å². The van der Waals surface area contributed by atoms with Crippen LogP contribution in [0, 0.1) is 0 Å². The third-order valence-corrected chi connectivity index (χ3v) is 2.97. The summed E-state index contributed by atoms with van der Waals surface area (Å²) in [5, 5.41) is 12.7. The number of aromatic amines is 1. The maximum Gasteiger partial charge on any atom is 0.306 e. The number of nitrogens with one attached hydrogen (secondary N) is 1. The van der Waals surface area contributed by atoms with E-state index in [2.05, 4.69) is 15.1 Å². The lowest BCUT2D eigenvalue weighted by atomic mass is 10.0. The Balaban J connectivity index is 2.37. The van der Waals surface area contributed by atoms with Gasteiger partial charge < -0.3 is 20.7 Å². The van der Waals surface area contributed by atoms with E-state index < -0.39 is 0 Å². The normalized spacial score (nSPS) is 11.8. The Hall–Kier alpha value is -2.57. The Morgan fingerprint density at radius 3 is 3.10 bits per heavy atom. The van der Waals surface area contributed by atoms with Gasteiger partial charge in [0.1, 0.15) is 5.65 Å². The summed E-state index contributed by atoms with van der Waals surface area (Å²) >= 11 is 0. The number of fused-ring (bicyclic) bond motifs is 1. The molecule has 0 saturated heterocycles. The lowest BCUT2D eigenvalue weighted by molar-refractivity contribution is -0.143. The first-order valence-corrected chi connectivity index (χ1v) is 6.25. The van der Waals surface area contributed by atoms with Crippen molar-refractivity contribution in [2.45, 2.75) is 19.8 Å². The summed E-state index contributed by atoms with van der Waals surface area (Å²) in [7, 11) is 0. The molecular weight excluding hydrogens is 260 g/mol. The summed E-state index contributed by atoms with van der Waals surface area (Å²) in [5.74, 6) is -0.307. The highest BCUT2D eigenvalue weighted by Crippen LogP contribution is 2.21. The van der Waals surface area contributed by atoms with E-state index in [0.717, 1.165) is 10.9 Å². The zero-order valence-electron chi connectivity index (χ0n) is 11.1. The van der Waals surface area contributed by atoms with Crippen molar-refractivity contribution < 1.29 is 14.7 Å². The molecule has 0 fully saturated rings. The van der Waals surface area contributed by atoms with E-state index >= 15 is 0 Å². The minimum atomic E-state index is -0.279. The van der Waals surface area contributed by atoms with Gasteiger partial charge in [-0.05, 0) is 25.0 Å². The van der Waals surface area contributed by atoms with Gasteiger partial charge in [-0.1, -0.05) is 5.16 Å². The van der Waals surface area contributed by atoms with Gasteiger partial charge in [-0.15, -0.1) is 0 Å². The summed E-state index contributed by atoms with van der Waals surface area (Å²) in [6, 6.07) is 1.84. The second-order valence-electron chi connectivity index (χ2n) is 4.18. The van der Waals surface area contributed by atoms with E-state index in [1.165, 1.54) is 6.20 Å². The minimum absolute atomic E-state index is 0.0283. The first kappa shape index (κ1) is 13.9. The van der Waals surface area contributed by atoms with Crippen molar-refractivity contribution in [1.82, 2.24) is 9.97 Å². The van der Waals surface area contributed by atoms with E-state index in [9.17, 15) is 4.79 Å². The first-order chi connectivity index (χ1) is 9.67. The average molecular weight is 276 g/mol. The van der Waals surface area contributed by atoms with Crippen LogP contribution in [-0.4, -0.2) is 33.6 Å². The van der Waals surface area contributed by atoms with E-state index in [0.29, 0.717) is 24.2 Å². The molecule has 0 aliphatic rings. The van der Waals surface area contributed by atoms with Gasteiger partial charge in [-0.2, -0.15) is 0 Å². The molecular formula is C13H16N4O3. The highest BCUT2D eigenvalue weighted by atomic mass is 16.5. The lowest BCUT2D eigenvalue weighted by Crippen LogP contribution is -2.17. The summed E-state index contributed by atoms with van der Waals surface area (Å²) in [4.78, 5) is 18.7. The van der Waals surface area contributed by atoms with Crippen LogP contribution in [0.15, 0.2) is 23.6 Å². The molecule has 20 heavy (non-hydrogen) atoms. The van der Waals surface area contributed by atoms with Gasteiger partial charge in [0.25, 0.3) is 0 Å². The summed E-state index contributed by atoms with van der Waals surface area (Å²) in [6.45, 7) is 2.11. The molecule has 2 rings (SSSR count). The summed E-state index contributed by atoms with van der Waals surface area (Å²) in [6.07, 6.45) is 3.93. The number of carbonyl (C=O) groups excluding carboxylic acids is 1. The topological polar surface area (TPSA) is 114 Å². The summed E-state index contributed by atoms with van der Waals surface area (Å²) < 4.78 is 4.91. The number of aryl methyl sites for hydroxylation is 1. The number of carbonyl (C=O) groups is 1. The number of hydrogen-bond acceptors (Lipinski definition) is 5. The number of esters is 1. The number of nitrogens with zero attached hydrogens (tertiary/aromatic N) is 2. The van der Waals surface area contributed by atoms with E-state index in [4.69, 9.17) is 15.7 Å². The monoisotopic (exact) mass is 276 g/mol. The highest BCUT2D eigenvalue weighted by Gasteiger charge is 2.14. The number of ether oxygens (including phenoxy) is 1. The molecule has 0 aliphatic carbocycles. The molecule has 0 aromatic carbocycles. The zero-order chi connectivity index (χ0) is 14.5. The Bertz CT molecular complexity index is 648. The van der Waals surface area contributed by atoms with Gasteiger partial charge in [0.2, 0.25) is 0 Å². The SMILES string of the molecule is CCOC(=O)CCc1c(C(N)=NO)cnc2[nH]ccc12. The Morgan fingerprint density at radius 1 is 1.60 bits per heavy atom. The molecule has 0 bridgehead atoms. The third kappa shape index (κ3) is 2.71. The molecule has 7 nitrogen and oxygen atoms in total. The highest BCUT2D eigenvalue weighted by molar-refractivity contribution is 6.01. The quantitative estimate of drug-likeness (QED) is 0.249. The Kier molecular flexibility index (Phi) is 4.19. The van der Waals surface area contributed by atoms with Gasteiger partial charge >= 0.3 is 5.97 Å². The number of oxime groups is 1. The number of amidine groups is 1. The van der Waals surface area contributed by atoms with Crippen LogP contribution in [0.25, 0.3) is 11.0 Å². The fourth-order valence-corrected chi connectivity index (χ4v) is 2.07. The van der Waals surface area contributed by atoms with Gasteiger partial charge in [0.15, 0.2) is 5.84 Å². The van der Waals surface area contributed by atoms with Crippen LogP contribution >= 0.6 is 0 Å². The molecule has 0 unspecified atom stereocenters. The molecule has 0 amide bonds. The maximum absolute atomic E-state index is 11.5. The second kappa shape index (κ2) is 6.05. The molecule has 0 radical (unpaired) electrons. The number of hydrogen-bond donors (Lipinski definition) is 3. The van der Waals surface area contributed by atoms with Gasteiger partial charge in [-0.25, -0.2) is 4.98 Å². The predicted molar refractivity (Wildman–Crippen MR) is 73.6 cm³/mol. The average Bonchev–Trinajstić information content (AvgIpc) is 2.92. The molecule has 106 valence electrons. The first-order valence-electron chi connectivity index (χ1n) is 6.25. The van der Waals surface area contributed by atoms with Crippen LogP contribution in [0.2, 0.25) is 0 Å². The number of H-pyrrole nitrogens is 1. The van der Waals surface area contributed by atoms with E-state index in [1.807, 2.05) is 6.07 Å². The van der Waals surface area contributed by atoms with Crippen molar-refractivity contribution in [3.63, 3.8) is 0 Å². The number of nitrogens with two attached hydrogens (primary N) is 1. The predicted octanol–water partition coefficient (Wildman–Crippen LogP) is 1.15. The number of pyridine rings is 1. The third-order valence-electron chi connectivity index (χ3n) is 2.97. The van der Waals surface area contributed by atoms with Crippen LogP contribution < -0.4 is 5.73 Å². The van der Waals surface area contributed by atoms with Crippen LogP contribution in [0.3, 0.4) is 0 Å². The largest absolute Gasteiger partial charge is 0.466 e. The minimum Gasteiger partial charge on any atom is -0.466 e. The lowest BCUT2D eigenvalue weighted by Gasteiger charge is -2.09. The van der Waals surface area contributed by atoms with Crippen molar-refractivity contribution in [3.8, 4) is 0 Å². The van der Waals surface area contributed by atoms with Crippen molar-refractivity contribution >= 4 is 22.8 Å². The number of aromatic nitrogens is 2. The standard InChI is InChI=1S/C13H16N4O3/c1-2-20-11(18)4-3-8-9-5-6-15-13(9)16-7-10(8)12(14)17-19/h5-7,19H,2-4H2,1H3,(H2,14,17)(H,15,16). The van der Waals surface area contributed by atoms with Crippen LogP contribution in [0.4, 0.5) is 0 Å².